The molecule has 7 heteroatoms. The van der Waals surface area contributed by atoms with E-state index in [0.29, 0.717) is 18.2 Å². The first-order valence-corrected chi connectivity index (χ1v) is 8.40. The fourth-order valence-corrected chi connectivity index (χ4v) is 3.73. The van der Waals surface area contributed by atoms with Gasteiger partial charge in [-0.1, -0.05) is 13.8 Å². The van der Waals surface area contributed by atoms with Gasteiger partial charge in [-0.25, -0.2) is 0 Å². The minimum Gasteiger partial charge on any atom is -0.365 e. The van der Waals surface area contributed by atoms with Gasteiger partial charge >= 0.3 is 0 Å². The third-order valence-electron chi connectivity index (χ3n) is 4.86. The topological polar surface area (TPSA) is 88.6 Å². The molecule has 1 aromatic rings. The van der Waals surface area contributed by atoms with Gasteiger partial charge in [-0.05, 0) is 19.3 Å². The molecular weight excluding hydrogens is 308 g/mol. The smallest absolute Gasteiger partial charge is 0.272 e. The van der Waals surface area contributed by atoms with E-state index >= 15 is 0 Å². The van der Waals surface area contributed by atoms with Gasteiger partial charge in [0.2, 0.25) is 0 Å². The van der Waals surface area contributed by atoms with Crippen LogP contribution in [0.5, 0.6) is 0 Å². The quantitative estimate of drug-likeness (QED) is 0.872. The molecule has 0 saturated carbocycles. The van der Waals surface area contributed by atoms with Crippen LogP contribution in [0.3, 0.4) is 0 Å². The van der Waals surface area contributed by atoms with E-state index in [1.807, 2.05) is 11.8 Å². The standard InChI is InChI=1S/C17H24N4O3/c1-10(2)7-19-5-4-11(3)21-15(19)9-20-8-12(16(18)23)14(22)6-13(20)17(21)24/h6,8,10-11,15H,4-5,7,9H2,1-3H3,(H2,18,23). The lowest BCUT2D eigenvalue weighted by atomic mass is 10.0. The SMILES string of the molecule is CC(C)CN1CCC(C)N2C(=O)c3cc(=O)c(C(N)=O)cn3CC12. The van der Waals surface area contributed by atoms with Gasteiger partial charge in [-0.3, -0.25) is 19.3 Å². The first-order chi connectivity index (χ1) is 11.3. The van der Waals surface area contributed by atoms with Crippen LogP contribution in [0.25, 0.3) is 0 Å². The van der Waals surface area contributed by atoms with Crippen molar-refractivity contribution in [3.8, 4) is 0 Å². The highest BCUT2D eigenvalue weighted by atomic mass is 16.2. The Bertz CT molecular complexity index is 740. The van der Waals surface area contributed by atoms with E-state index in [4.69, 9.17) is 5.73 Å². The molecule has 0 spiro atoms. The monoisotopic (exact) mass is 332 g/mol. The van der Waals surface area contributed by atoms with Crippen LogP contribution in [0, 0.1) is 5.92 Å². The molecule has 3 heterocycles. The number of primary amides is 1. The number of rotatable bonds is 3. The Morgan fingerprint density at radius 2 is 2.08 bits per heavy atom. The fraction of sp³-hybridized carbons (Fsp3) is 0.588. The summed E-state index contributed by atoms with van der Waals surface area (Å²) in [4.78, 5) is 40.6. The highest BCUT2D eigenvalue weighted by molar-refractivity contribution is 5.96. The minimum absolute atomic E-state index is 0.0561. The molecule has 2 unspecified atom stereocenters. The molecule has 1 fully saturated rings. The number of aromatic nitrogens is 1. The maximum atomic E-state index is 12.9. The van der Waals surface area contributed by atoms with Crippen LogP contribution in [0.2, 0.25) is 0 Å². The van der Waals surface area contributed by atoms with Crippen molar-refractivity contribution in [3.05, 3.63) is 33.7 Å². The zero-order chi connectivity index (χ0) is 17.6. The number of pyridine rings is 1. The van der Waals surface area contributed by atoms with Crippen molar-refractivity contribution in [1.29, 1.82) is 0 Å². The van der Waals surface area contributed by atoms with Gasteiger partial charge in [0.15, 0.2) is 5.43 Å². The lowest BCUT2D eigenvalue weighted by Gasteiger charge is -2.50. The molecule has 1 aromatic heterocycles. The lowest BCUT2D eigenvalue weighted by molar-refractivity contribution is -0.0362. The third kappa shape index (κ3) is 2.73. The van der Waals surface area contributed by atoms with E-state index in [1.54, 1.807) is 4.57 Å². The van der Waals surface area contributed by atoms with Crippen molar-refractivity contribution in [1.82, 2.24) is 14.4 Å². The largest absolute Gasteiger partial charge is 0.365 e. The summed E-state index contributed by atoms with van der Waals surface area (Å²) in [7, 11) is 0. The number of hydrogen-bond donors (Lipinski definition) is 1. The van der Waals surface area contributed by atoms with E-state index in [1.165, 1.54) is 12.3 Å². The molecule has 2 amide bonds. The highest BCUT2D eigenvalue weighted by Gasteiger charge is 2.41. The summed E-state index contributed by atoms with van der Waals surface area (Å²) < 4.78 is 1.70. The number of fused-ring (bicyclic) bond motifs is 2. The Morgan fingerprint density at radius 3 is 2.71 bits per heavy atom. The van der Waals surface area contributed by atoms with Crippen LogP contribution in [0.15, 0.2) is 17.1 Å². The summed E-state index contributed by atoms with van der Waals surface area (Å²) in [6.07, 6.45) is 2.29. The minimum atomic E-state index is -0.763. The summed E-state index contributed by atoms with van der Waals surface area (Å²) in [5.41, 5.74) is 5.04. The molecule has 3 rings (SSSR count). The first-order valence-electron chi connectivity index (χ1n) is 8.40. The molecule has 0 bridgehead atoms. The average Bonchev–Trinajstić information content (AvgIpc) is 2.49. The van der Waals surface area contributed by atoms with Crippen LogP contribution in [-0.4, -0.2) is 51.5 Å². The second-order valence-corrected chi connectivity index (χ2v) is 7.17. The molecule has 2 aliphatic heterocycles. The van der Waals surface area contributed by atoms with Crippen molar-refractivity contribution in [3.63, 3.8) is 0 Å². The van der Waals surface area contributed by atoms with E-state index in [9.17, 15) is 14.4 Å². The van der Waals surface area contributed by atoms with Crippen LogP contribution in [0.1, 0.15) is 48.0 Å². The Labute approximate surface area is 141 Å². The van der Waals surface area contributed by atoms with Gasteiger partial charge in [0.05, 0.1) is 6.54 Å². The van der Waals surface area contributed by atoms with E-state index < -0.39 is 11.3 Å². The van der Waals surface area contributed by atoms with Gasteiger partial charge in [0, 0.05) is 31.4 Å². The third-order valence-corrected chi connectivity index (χ3v) is 4.86. The van der Waals surface area contributed by atoms with Gasteiger partial charge in [0.1, 0.15) is 17.4 Å². The predicted octanol–water partition coefficient (Wildman–Crippen LogP) is 0.479. The number of hydrogen-bond acceptors (Lipinski definition) is 4. The predicted molar refractivity (Wildman–Crippen MR) is 89.7 cm³/mol. The summed E-state index contributed by atoms with van der Waals surface area (Å²) in [6.45, 7) is 8.74. The molecule has 2 aliphatic rings. The van der Waals surface area contributed by atoms with Gasteiger partial charge in [-0.15, -0.1) is 0 Å². The molecule has 0 aromatic carbocycles. The molecule has 2 atom stereocenters. The molecule has 130 valence electrons. The first kappa shape index (κ1) is 16.7. The fourth-order valence-electron chi connectivity index (χ4n) is 3.73. The van der Waals surface area contributed by atoms with Crippen LogP contribution >= 0.6 is 0 Å². The Hall–Kier alpha value is -2.15. The molecule has 24 heavy (non-hydrogen) atoms. The van der Waals surface area contributed by atoms with E-state index in [2.05, 4.69) is 18.7 Å². The normalized spacial score (nSPS) is 24.0. The Morgan fingerprint density at radius 1 is 1.38 bits per heavy atom. The zero-order valence-corrected chi connectivity index (χ0v) is 14.4. The highest BCUT2D eigenvalue weighted by Crippen LogP contribution is 2.28. The Balaban J connectivity index is 2.04. The molecular formula is C17H24N4O3. The van der Waals surface area contributed by atoms with E-state index in [0.717, 1.165) is 19.5 Å². The van der Waals surface area contributed by atoms with Crippen molar-refractivity contribution in [2.24, 2.45) is 11.7 Å². The summed E-state index contributed by atoms with van der Waals surface area (Å²) in [5, 5.41) is 0. The van der Waals surface area contributed by atoms with Crippen molar-refractivity contribution >= 4 is 11.8 Å². The van der Waals surface area contributed by atoms with Crippen molar-refractivity contribution in [2.45, 2.75) is 45.9 Å². The molecule has 2 N–H and O–H groups in total. The van der Waals surface area contributed by atoms with Gasteiger partial charge in [0.25, 0.3) is 11.8 Å². The lowest BCUT2D eigenvalue weighted by Crippen LogP contribution is -2.64. The molecule has 1 saturated heterocycles. The van der Waals surface area contributed by atoms with Crippen LogP contribution in [0.4, 0.5) is 0 Å². The second kappa shape index (κ2) is 6.05. The van der Waals surface area contributed by atoms with Crippen LogP contribution < -0.4 is 11.2 Å². The van der Waals surface area contributed by atoms with Crippen LogP contribution in [-0.2, 0) is 6.54 Å². The summed E-state index contributed by atoms with van der Waals surface area (Å²) >= 11 is 0. The van der Waals surface area contributed by atoms with Gasteiger partial charge < -0.3 is 15.2 Å². The zero-order valence-electron chi connectivity index (χ0n) is 14.4. The van der Waals surface area contributed by atoms with Gasteiger partial charge in [-0.2, -0.15) is 0 Å². The molecule has 0 aliphatic carbocycles. The average molecular weight is 332 g/mol. The summed E-state index contributed by atoms with van der Waals surface area (Å²) in [6, 6.07) is 1.37. The number of nitrogens with zero attached hydrogens (tertiary/aromatic N) is 3. The number of nitrogens with two attached hydrogens (primary N) is 1. The molecule has 0 radical (unpaired) electrons. The van der Waals surface area contributed by atoms with Crippen molar-refractivity contribution < 1.29 is 9.59 Å². The maximum Gasteiger partial charge on any atom is 0.272 e. The number of amides is 2. The Kier molecular flexibility index (Phi) is 4.21. The molecule has 7 nitrogen and oxygen atoms in total. The van der Waals surface area contributed by atoms with Crippen molar-refractivity contribution in [2.75, 3.05) is 13.1 Å². The summed E-state index contributed by atoms with van der Waals surface area (Å²) in [5.74, 6) is -0.423. The number of carbonyl (C=O) groups excluding carboxylic acids is 2. The number of carbonyl (C=O) groups is 2. The maximum absolute atomic E-state index is 12.9. The van der Waals surface area contributed by atoms with E-state index in [-0.39, 0.29) is 23.7 Å². The second-order valence-electron chi connectivity index (χ2n) is 7.17.